The first-order chi connectivity index (χ1) is 8.70. The highest BCUT2D eigenvalue weighted by molar-refractivity contribution is 9.11. The van der Waals surface area contributed by atoms with Crippen molar-refractivity contribution in [2.24, 2.45) is 0 Å². The van der Waals surface area contributed by atoms with Crippen molar-refractivity contribution in [3.05, 3.63) is 34.8 Å². The molecule has 0 aromatic heterocycles. The standard InChI is InChI=1S/C14H18BrNO2/c1-10(15)9-18-14-11(8-16-12-6-7-12)4-3-5-13(14)17-2/h3-5,12,16H,1,6-9H2,2H3. The van der Waals surface area contributed by atoms with Crippen molar-refractivity contribution in [2.75, 3.05) is 13.7 Å². The lowest BCUT2D eigenvalue weighted by Gasteiger charge is -2.15. The van der Waals surface area contributed by atoms with Crippen molar-refractivity contribution in [3.63, 3.8) is 0 Å². The van der Waals surface area contributed by atoms with E-state index >= 15 is 0 Å². The number of nitrogens with one attached hydrogen (secondary N) is 1. The van der Waals surface area contributed by atoms with E-state index in [0.29, 0.717) is 12.6 Å². The van der Waals surface area contributed by atoms with Gasteiger partial charge in [0.25, 0.3) is 0 Å². The average Bonchev–Trinajstić information content (AvgIpc) is 3.17. The fourth-order valence-corrected chi connectivity index (χ4v) is 1.83. The van der Waals surface area contributed by atoms with Gasteiger partial charge in [-0.25, -0.2) is 0 Å². The molecule has 4 heteroatoms. The molecule has 0 amide bonds. The summed E-state index contributed by atoms with van der Waals surface area (Å²) in [5.74, 6) is 1.56. The molecular weight excluding hydrogens is 294 g/mol. The molecule has 0 saturated heterocycles. The lowest BCUT2D eigenvalue weighted by Crippen LogP contribution is -2.16. The molecule has 1 aromatic rings. The molecule has 3 nitrogen and oxygen atoms in total. The molecule has 18 heavy (non-hydrogen) atoms. The molecule has 0 atom stereocenters. The van der Waals surface area contributed by atoms with E-state index < -0.39 is 0 Å². The lowest BCUT2D eigenvalue weighted by atomic mass is 10.2. The zero-order chi connectivity index (χ0) is 13.0. The van der Waals surface area contributed by atoms with Gasteiger partial charge in [-0.1, -0.05) is 34.6 Å². The van der Waals surface area contributed by atoms with Crippen LogP contribution >= 0.6 is 15.9 Å². The zero-order valence-electron chi connectivity index (χ0n) is 10.5. The Morgan fingerprint density at radius 1 is 1.50 bits per heavy atom. The molecule has 0 spiro atoms. The molecule has 1 aliphatic carbocycles. The van der Waals surface area contributed by atoms with E-state index in [-0.39, 0.29) is 0 Å². The Morgan fingerprint density at radius 3 is 2.89 bits per heavy atom. The van der Waals surface area contributed by atoms with Crippen LogP contribution in [0.3, 0.4) is 0 Å². The van der Waals surface area contributed by atoms with Crippen molar-refractivity contribution in [1.82, 2.24) is 5.32 Å². The van der Waals surface area contributed by atoms with Gasteiger partial charge in [-0.15, -0.1) is 0 Å². The van der Waals surface area contributed by atoms with Crippen molar-refractivity contribution < 1.29 is 9.47 Å². The second-order valence-electron chi connectivity index (χ2n) is 4.41. The third-order valence-electron chi connectivity index (χ3n) is 2.81. The molecular formula is C14H18BrNO2. The highest BCUT2D eigenvalue weighted by Crippen LogP contribution is 2.32. The smallest absolute Gasteiger partial charge is 0.166 e. The minimum Gasteiger partial charge on any atom is -0.493 e. The molecule has 0 radical (unpaired) electrons. The van der Waals surface area contributed by atoms with Gasteiger partial charge in [0.1, 0.15) is 6.61 Å². The summed E-state index contributed by atoms with van der Waals surface area (Å²) >= 11 is 3.30. The number of para-hydroxylation sites is 1. The Bertz CT molecular complexity index is 430. The van der Waals surface area contributed by atoms with Crippen LogP contribution in [0.2, 0.25) is 0 Å². The fraction of sp³-hybridized carbons (Fsp3) is 0.429. The zero-order valence-corrected chi connectivity index (χ0v) is 12.1. The van der Waals surface area contributed by atoms with Crippen LogP contribution in [-0.4, -0.2) is 19.8 Å². The minimum atomic E-state index is 0.441. The van der Waals surface area contributed by atoms with Crippen LogP contribution in [0, 0.1) is 0 Å². The molecule has 98 valence electrons. The normalized spacial score (nSPS) is 14.3. The highest BCUT2D eigenvalue weighted by Gasteiger charge is 2.21. The van der Waals surface area contributed by atoms with E-state index in [1.807, 2.05) is 12.1 Å². The van der Waals surface area contributed by atoms with Crippen molar-refractivity contribution >= 4 is 15.9 Å². The second-order valence-corrected chi connectivity index (χ2v) is 5.53. The molecule has 0 unspecified atom stereocenters. The number of hydrogen-bond donors (Lipinski definition) is 1. The Morgan fingerprint density at radius 2 is 2.28 bits per heavy atom. The van der Waals surface area contributed by atoms with Gasteiger partial charge in [-0.05, 0) is 18.9 Å². The Kier molecular flexibility index (Phi) is 4.66. The van der Waals surface area contributed by atoms with Gasteiger partial charge in [0, 0.05) is 22.6 Å². The first-order valence-electron chi connectivity index (χ1n) is 6.06. The van der Waals surface area contributed by atoms with Gasteiger partial charge in [0.05, 0.1) is 7.11 Å². The minimum absolute atomic E-state index is 0.441. The Balaban J connectivity index is 2.10. The monoisotopic (exact) mass is 311 g/mol. The van der Waals surface area contributed by atoms with E-state index in [1.165, 1.54) is 12.8 Å². The van der Waals surface area contributed by atoms with Crippen molar-refractivity contribution in [3.8, 4) is 11.5 Å². The number of methoxy groups -OCH3 is 1. The summed E-state index contributed by atoms with van der Waals surface area (Å²) in [5.41, 5.74) is 1.12. The molecule has 2 rings (SSSR count). The summed E-state index contributed by atoms with van der Waals surface area (Å²) in [4.78, 5) is 0. The molecule has 1 aliphatic rings. The van der Waals surface area contributed by atoms with Gasteiger partial charge < -0.3 is 14.8 Å². The Labute approximate surface area is 116 Å². The summed E-state index contributed by atoms with van der Waals surface area (Å²) in [5, 5.41) is 3.48. The summed E-state index contributed by atoms with van der Waals surface area (Å²) in [6, 6.07) is 6.63. The number of halogens is 1. The maximum Gasteiger partial charge on any atom is 0.166 e. The lowest BCUT2D eigenvalue weighted by molar-refractivity contribution is 0.320. The van der Waals surface area contributed by atoms with Crippen LogP contribution in [0.4, 0.5) is 0 Å². The first-order valence-corrected chi connectivity index (χ1v) is 6.85. The van der Waals surface area contributed by atoms with Gasteiger partial charge >= 0.3 is 0 Å². The van der Waals surface area contributed by atoms with Gasteiger partial charge in [0.2, 0.25) is 0 Å². The van der Waals surface area contributed by atoms with Gasteiger partial charge in [0.15, 0.2) is 11.5 Å². The number of benzene rings is 1. The van der Waals surface area contributed by atoms with Crippen LogP contribution < -0.4 is 14.8 Å². The van der Waals surface area contributed by atoms with E-state index in [1.54, 1.807) is 7.11 Å². The van der Waals surface area contributed by atoms with Crippen LogP contribution in [0.25, 0.3) is 0 Å². The third kappa shape index (κ3) is 3.75. The quantitative estimate of drug-likeness (QED) is 0.838. The summed E-state index contributed by atoms with van der Waals surface area (Å²) in [7, 11) is 1.66. The predicted octanol–water partition coefficient (Wildman–Crippen LogP) is 3.23. The van der Waals surface area contributed by atoms with Crippen LogP contribution in [0.5, 0.6) is 11.5 Å². The van der Waals surface area contributed by atoms with Crippen molar-refractivity contribution in [2.45, 2.75) is 25.4 Å². The second kappa shape index (κ2) is 6.25. The largest absolute Gasteiger partial charge is 0.493 e. The molecule has 0 heterocycles. The first kappa shape index (κ1) is 13.4. The molecule has 0 aliphatic heterocycles. The van der Waals surface area contributed by atoms with Crippen LogP contribution in [0.1, 0.15) is 18.4 Å². The van der Waals surface area contributed by atoms with Crippen LogP contribution in [-0.2, 0) is 6.54 Å². The summed E-state index contributed by atoms with van der Waals surface area (Å²) in [6.45, 7) is 5.03. The maximum atomic E-state index is 5.76. The topological polar surface area (TPSA) is 30.5 Å². The summed E-state index contributed by atoms with van der Waals surface area (Å²) in [6.07, 6.45) is 2.55. The predicted molar refractivity (Wildman–Crippen MR) is 76.4 cm³/mol. The molecule has 0 bridgehead atoms. The SMILES string of the molecule is C=C(Br)COc1c(CNC2CC2)cccc1OC. The van der Waals surface area contributed by atoms with Crippen LogP contribution in [0.15, 0.2) is 29.3 Å². The number of hydrogen-bond acceptors (Lipinski definition) is 3. The molecule has 1 aromatic carbocycles. The Hall–Kier alpha value is -1.00. The highest BCUT2D eigenvalue weighted by atomic mass is 79.9. The third-order valence-corrected chi connectivity index (χ3v) is 3.04. The van der Waals surface area contributed by atoms with E-state index in [0.717, 1.165) is 28.1 Å². The maximum absolute atomic E-state index is 5.76. The summed E-state index contributed by atoms with van der Waals surface area (Å²) < 4.78 is 11.9. The molecule has 1 N–H and O–H groups in total. The van der Waals surface area contributed by atoms with E-state index in [4.69, 9.17) is 9.47 Å². The fourth-order valence-electron chi connectivity index (χ4n) is 1.72. The van der Waals surface area contributed by atoms with Gasteiger partial charge in [-0.2, -0.15) is 0 Å². The van der Waals surface area contributed by atoms with Gasteiger partial charge in [-0.3, -0.25) is 0 Å². The number of rotatable bonds is 7. The van der Waals surface area contributed by atoms with Crippen molar-refractivity contribution in [1.29, 1.82) is 0 Å². The van der Waals surface area contributed by atoms with E-state index in [2.05, 4.69) is 33.9 Å². The molecule has 1 saturated carbocycles. The van der Waals surface area contributed by atoms with E-state index in [9.17, 15) is 0 Å². The average molecular weight is 312 g/mol. The molecule has 1 fully saturated rings. The number of ether oxygens (including phenoxy) is 2.